The van der Waals surface area contributed by atoms with Crippen LogP contribution < -0.4 is 5.32 Å². The van der Waals surface area contributed by atoms with Gasteiger partial charge in [-0.3, -0.25) is 4.79 Å². The van der Waals surface area contributed by atoms with Crippen LogP contribution in [0.25, 0.3) is 0 Å². The molecule has 0 aliphatic carbocycles. The minimum Gasteiger partial charge on any atom is -0.481 e. The van der Waals surface area contributed by atoms with Crippen molar-refractivity contribution >= 4 is 12.1 Å². The monoisotopic (exact) mass is 293 g/mol. The van der Waals surface area contributed by atoms with Crippen molar-refractivity contribution in [2.24, 2.45) is 5.92 Å². The molecule has 0 spiro atoms. The zero-order valence-corrected chi connectivity index (χ0v) is 12.8. The van der Waals surface area contributed by atoms with Crippen LogP contribution in [0.5, 0.6) is 0 Å². The van der Waals surface area contributed by atoms with Crippen LogP contribution in [0.3, 0.4) is 0 Å². The van der Waals surface area contributed by atoms with E-state index < -0.39 is 23.6 Å². The second-order valence-electron chi connectivity index (χ2n) is 5.94. The smallest absolute Gasteiger partial charge is 0.407 e. The standard InChI is InChI=1S/C16H23NO4/c1-16(2,3)21-15(20)17-11-13(14(18)19)10-9-12-7-5-4-6-8-12/h4-8,13H,9-11H2,1-3H3,(H,17,20)(H,18,19). The number of nitrogens with one attached hydrogen (secondary N) is 1. The Bertz CT molecular complexity index is 465. The van der Waals surface area contributed by atoms with E-state index in [1.54, 1.807) is 20.8 Å². The third-order valence-corrected chi connectivity index (χ3v) is 2.87. The number of alkyl carbamates (subject to hydrolysis) is 1. The molecule has 0 saturated heterocycles. The predicted molar refractivity (Wildman–Crippen MR) is 80.1 cm³/mol. The van der Waals surface area contributed by atoms with Gasteiger partial charge >= 0.3 is 12.1 Å². The van der Waals surface area contributed by atoms with Gasteiger partial charge in [0, 0.05) is 6.54 Å². The summed E-state index contributed by atoms with van der Waals surface area (Å²) in [6, 6.07) is 9.68. The van der Waals surface area contributed by atoms with E-state index in [0.29, 0.717) is 12.8 Å². The molecule has 1 amide bonds. The molecule has 0 aliphatic heterocycles. The minimum absolute atomic E-state index is 0.0665. The summed E-state index contributed by atoms with van der Waals surface area (Å²) in [5.41, 5.74) is 0.494. The lowest BCUT2D eigenvalue weighted by Gasteiger charge is -2.20. The first-order chi connectivity index (χ1) is 9.78. The molecule has 1 aromatic rings. The number of carbonyl (C=O) groups excluding carboxylic acids is 1. The summed E-state index contributed by atoms with van der Waals surface area (Å²) in [6.45, 7) is 5.35. The highest BCUT2D eigenvalue weighted by Gasteiger charge is 2.21. The zero-order chi connectivity index (χ0) is 15.9. The number of amides is 1. The van der Waals surface area contributed by atoms with Gasteiger partial charge in [-0.05, 0) is 39.2 Å². The number of benzene rings is 1. The fourth-order valence-corrected chi connectivity index (χ4v) is 1.82. The van der Waals surface area contributed by atoms with Crippen molar-refractivity contribution in [3.05, 3.63) is 35.9 Å². The van der Waals surface area contributed by atoms with Crippen molar-refractivity contribution in [3.8, 4) is 0 Å². The molecule has 21 heavy (non-hydrogen) atoms. The minimum atomic E-state index is -0.915. The van der Waals surface area contributed by atoms with Gasteiger partial charge in [-0.15, -0.1) is 0 Å². The van der Waals surface area contributed by atoms with E-state index in [1.165, 1.54) is 0 Å². The Kier molecular flexibility index (Phi) is 6.21. The van der Waals surface area contributed by atoms with Crippen molar-refractivity contribution in [3.63, 3.8) is 0 Å². The van der Waals surface area contributed by atoms with E-state index in [2.05, 4.69) is 5.32 Å². The predicted octanol–water partition coefficient (Wildman–Crippen LogP) is 2.84. The highest BCUT2D eigenvalue weighted by atomic mass is 16.6. The van der Waals surface area contributed by atoms with Crippen LogP contribution in [0.2, 0.25) is 0 Å². The Morgan fingerprint density at radius 1 is 1.24 bits per heavy atom. The average Bonchev–Trinajstić information content (AvgIpc) is 2.37. The molecule has 116 valence electrons. The molecule has 2 N–H and O–H groups in total. The first kappa shape index (κ1) is 17.0. The number of aliphatic carboxylic acids is 1. The summed E-state index contributed by atoms with van der Waals surface area (Å²) in [7, 11) is 0. The number of hydrogen-bond donors (Lipinski definition) is 2. The highest BCUT2D eigenvalue weighted by Crippen LogP contribution is 2.11. The number of carboxylic acid groups (broad SMARTS) is 1. The number of rotatable bonds is 6. The Hall–Kier alpha value is -2.04. The van der Waals surface area contributed by atoms with Crippen LogP contribution in [0, 0.1) is 5.92 Å². The maximum atomic E-state index is 11.5. The van der Waals surface area contributed by atoms with Gasteiger partial charge in [-0.25, -0.2) is 4.79 Å². The van der Waals surface area contributed by atoms with Gasteiger partial charge in [0.25, 0.3) is 0 Å². The van der Waals surface area contributed by atoms with Crippen LogP contribution in [0.15, 0.2) is 30.3 Å². The van der Waals surface area contributed by atoms with Crippen molar-refractivity contribution in [1.82, 2.24) is 5.32 Å². The van der Waals surface area contributed by atoms with Gasteiger partial charge in [-0.2, -0.15) is 0 Å². The lowest BCUT2D eigenvalue weighted by atomic mass is 9.99. The maximum Gasteiger partial charge on any atom is 0.407 e. The molecule has 0 radical (unpaired) electrons. The quantitative estimate of drug-likeness (QED) is 0.845. The zero-order valence-electron chi connectivity index (χ0n) is 12.8. The van der Waals surface area contributed by atoms with Crippen molar-refractivity contribution < 1.29 is 19.4 Å². The molecule has 5 nitrogen and oxygen atoms in total. The molecule has 0 heterocycles. The molecule has 0 saturated carbocycles. The normalized spacial score (nSPS) is 12.5. The van der Waals surface area contributed by atoms with E-state index in [4.69, 9.17) is 4.74 Å². The number of ether oxygens (including phenoxy) is 1. The third-order valence-electron chi connectivity index (χ3n) is 2.87. The Labute approximate surface area is 125 Å². The molecule has 1 aromatic carbocycles. The lowest BCUT2D eigenvalue weighted by molar-refractivity contribution is -0.141. The highest BCUT2D eigenvalue weighted by molar-refractivity contribution is 5.72. The summed E-state index contributed by atoms with van der Waals surface area (Å²) in [6.07, 6.45) is 0.539. The van der Waals surface area contributed by atoms with E-state index in [0.717, 1.165) is 5.56 Å². The molecule has 0 fully saturated rings. The Morgan fingerprint density at radius 3 is 2.38 bits per heavy atom. The fourth-order valence-electron chi connectivity index (χ4n) is 1.82. The summed E-state index contributed by atoms with van der Waals surface area (Å²) < 4.78 is 5.09. The van der Waals surface area contributed by atoms with Gasteiger partial charge in [0.2, 0.25) is 0 Å². The topological polar surface area (TPSA) is 75.6 Å². The van der Waals surface area contributed by atoms with Crippen LogP contribution in [-0.2, 0) is 16.0 Å². The molecule has 1 atom stereocenters. The number of carbonyl (C=O) groups is 2. The molecule has 5 heteroatoms. The second kappa shape index (κ2) is 7.67. The van der Waals surface area contributed by atoms with Crippen molar-refractivity contribution in [1.29, 1.82) is 0 Å². The van der Waals surface area contributed by atoms with E-state index in [9.17, 15) is 14.7 Å². The average molecular weight is 293 g/mol. The molecule has 1 rings (SSSR count). The maximum absolute atomic E-state index is 11.5. The van der Waals surface area contributed by atoms with E-state index in [1.807, 2.05) is 30.3 Å². The van der Waals surface area contributed by atoms with Crippen LogP contribution in [0.1, 0.15) is 32.8 Å². The largest absolute Gasteiger partial charge is 0.481 e. The number of aryl methyl sites for hydroxylation is 1. The molecule has 0 aromatic heterocycles. The van der Waals surface area contributed by atoms with Gasteiger partial charge in [0.05, 0.1) is 5.92 Å². The Morgan fingerprint density at radius 2 is 1.86 bits per heavy atom. The van der Waals surface area contributed by atoms with Gasteiger partial charge in [-0.1, -0.05) is 30.3 Å². The first-order valence-corrected chi connectivity index (χ1v) is 7.01. The second-order valence-corrected chi connectivity index (χ2v) is 5.94. The molecular weight excluding hydrogens is 270 g/mol. The van der Waals surface area contributed by atoms with Gasteiger partial charge in [0.1, 0.15) is 5.60 Å². The SMILES string of the molecule is CC(C)(C)OC(=O)NCC(CCc1ccccc1)C(=O)O. The van der Waals surface area contributed by atoms with Gasteiger partial charge < -0.3 is 15.2 Å². The van der Waals surface area contributed by atoms with Crippen LogP contribution >= 0.6 is 0 Å². The first-order valence-electron chi connectivity index (χ1n) is 7.01. The summed E-state index contributed by atoms with van der Waals surface area (Å²) >= 11 is 0. The fraction of sp³-hybridized carbons (Fsp3) is 0.500. The number of hydrogen-bond acceptors (Lipinski definition) is 3. The molecule has 1 unspecified atom stereocenters. The molecule has 0 bridgehead atoms. The molecule has 0 aliphatic rings. The van der Waals surface area contributed by atoms with Crippen molar-refractivity contribution in [2.75, 3.05) is 6.54 Å². The summed E-state index contributed by atoms with van der Waals surface area (Å²) in [5, 5.41) is 11.7. The number of carboxylic acids is 1. The summed E-state index contributed by atoms with van der Waals surface area (Å²) in [4.78, 5) is 22.8. The van der Waals surface area contributed by atoms with Gasteiger partial charge in [0.15, 0.2) is 0 Å². The van der Waals surface area contributed by atoms with Crippen LogP contribution in [0.4, 0.5) is 4.79 Å². The van der Waals surface area contributed by atoms with E-state index in [-0.39, 0.29) is 6.54 Å². The molecular formula is C16H23NO4. The van der Waals surface area contributed by atoms with Crippen LogP contribution in [-0.4, -0.2) is 29.3 Å². The summed E-state index contributed by atoms with van der Waals surface area (Å²) in [5.74, 6) is -1.54. The van der Waals surface area contributed by atoms with Crippen molar-refractivity contribution in [2.45, 2.75) is 39.2 Å². The lowest BCUT2D eigenvalue weighted by Crippen LogP contribution is -2.37. The Balaban J connectivity index is 2.44. The third kappa shape index (κ3) is 7.34. The van der Waals surface area contributed by atoms with E-state index >= 15 is 0 Å².